The molecule has 1 atom stereocenters. The van der Waals surface area contributed by atoms with Crippen LogP contribution in [0, 0.1) is 6.92 Å². The van der Waals surface area contributed by atoms with Crippen molar-refractivity contribution in [1.29, 1.82) is 0 Å². The summed E-state index contributed by atoms with van der Waals surface area (Å²) in [7, 11) is 1.66. The molecule has 3 aromatic heterocycles. The Morgan fingerprint density at radius 3 is 2.78 bits per heavy atom. The Morgan fingerprint density at radius 2 is 2.00 bits per heavy atom. The number of aryl methyl sites for hydroxylation is 1. The Bertz CT molecular complexity index is 1190. The highest BCUT2D eigenvalue weighted by Crippen LogP contribution is 2.27. The molecule has 0 radical (unpaired) electrons. The van der Waals surface area contributed by atoms with Crippen molar-refractivity contribution in [2.75, 3.05) is 7.05 Å². The van der Waals surface area contributed by atoms with E-state index in [9.17, 15) is 9.59 Å². The fourth-order valence-corrected chi connectivity index (χ4v) is 3.09. The number of hydrogen-bond donors (Lipinski definition) is 0. The van der Waals surface area contributed by atoms with Crippen LogP contribution in [0.5, 0.6) is 0 Å². The molecular formula is C21H19N3O3. The summed E-state index contributed by atoms with van der Waals surface area (Å²) in [5.41, 5.74) is 1.85. The normalized spacial score (nSPS) is 12.4. The number of aromatic nitrogens is 2. The molecule has 136 valence electrons. The lowest BCUT2D eigenvalue weighted by Crippen LogP contribution is -2.34. The Kier molecular flexibility index (Phi) is 4.03. The standard InChI is InChI=1S/C21H19N3O3/c1-13-8-9-19-22-11-16(21(26)24(19)12-13)20(25)23(3)14(2)18-10-15-6-4-5-7-17(15)27-18/h4-12,14H,1-3H3. The van der Waals surface area contributed by atoms with Gasteiger partial charge in [0.2, 0.25) is 0 Å². The third-order valence-electron chi connectivity index (χ3n) is 4.84. The molecule has 0 aliphatic carbocycles. The molecule has 1 amide bonds. The van der Waals surface area contributed by atoms with Crippen LogP contribution in [0.1, 0.15) is 34.6 Å². The van der Waals surface area contributed by atoms with Crippen molar-refractivity contribution in [2.24, 2.45) is 0 Å². The molecule has 0 saturated heterocycles. The highest BCUT2D eigenvalue weighted by molar-refractivity contribution is 5.94. The van der Waals surface area contributed by atoms with Gasteiger partial charge in [-0.25, -0.2) is 4.98 Å². The maximum Gasteiger partial charge on any atom is 0.270 e. The summed E-state index contributed by atoms with van der Waals surface area (Å²) >= 11 is 0. The molecule has 1 unspecified atom stereocenters. The van der Waals surface area contributed by atoms with E-state index in [1.807, 2.05) is 50.2 Å². The van der Waals surface area contributed by atoms with Gasteiger partial charge in [-0.1, -0.05) is 24.3 Å². The van der Waals surface area contributed by atoms with Gasteiger partial charge in [-0.15, -0.1) is 0 Å². The summed E-state index contributed by atoms with van der Waals surface area (Å²) in [6.07, 6.45) is 3.03. The molecule has 0 aliphatic rings. The van der Waals surface area contributed by atoms with Gasteiger partial charge in [0, 0.05) is 24.8 Å². The molecule has 0 N–H and O–H groups in total. The molecule has 0 bridgehead atoms. The van der Waals surface area contributed by atoms with E-state index in [0.717, 1.165) is 16.5 Å². The molecule has 3 heterocycles. The zero-order chi connectivity index (χ0) is 19.1. The number of rotatable bonds is 3. The maximum absolute atomic E-state index is 13.0. The van der Waals surface area contributed by atoms with Crippen LogP contribution >= 0.6 is 0 Å². The van der Waals surface area contributed by atoms with Gasteiger partial charge in [0.25, 0.3) is 11.5 Å². The highest BCUT2D eigenvalue weighted by atomic mass is 16.3. The quantitative estimate of drug-likeness (QED) is 0.559. The van der Waals surface area contributed by atoms with Gasteiger partial charge < -0.3 is 9.32 Å². The smallest absolute Gasteiger partial charge is 0.270 e. The Hall–Kier alpha value is -3.41. The number of fused-ring (bicyclic) bond motifs is 2. The SMILES string of the molecule is Cc1ccc2ncc(C(=O)N(C)C(C)c3cc4ccccc4o3)c(=O)n2c1. The zero-order valence-corrected chi connectivity index (χ0v) is 15.3. The zero-order valence-electron chi connectivity index (χ0n) is 15.3. The van der Waals surface area contributed by atoms with Gasteiger partial charge in [0.1, 0.15) is 22.6 Å². The highest BCUT2D eigenvalue weighted by Gasteiger charge is 2.24. The number of carbonyl (C=O) groups is 1. The lowest BCUT2D eigenvalue weighted by atomic mass is 10.1. The molecule has 1 aromatic carbocycles. The summed E-state index contributed by atoms with van der Waals surface area (Å²) in [5.74, 6) is 0.271. The Labute approximate surface area is 155 Å². The third-order valence-corrected chi connectivity index (χ3v) is 4.84. The number of benzene rings is 1. The minimum absolute atomic E-state index is 0.0311. The molecule has 0 spiro atoms. The van der Waals surface area contributed by atoms with Crippen LogP contribution in [0.4, 0.5) is 0 Å². The number of para-hydroxylation sites is 1. The van der Waals surface area contributed by atoms with Crippen LogP contribution in [0.25, 0.3) is 16.6 Å². The van der Waals surface area contributed by atoms with Crippen LogP contribution < -0.4 is 5.56 Å². The molecule has 4 aromatic rings. The summed E-state index contributed by atoms with van der Waals surface area (Å²) in [4.78, 5) is 31.5. The Morgan fingerprint density at radius 1 is 1.22 bits per heavy atom. The first-order valence-electron chi connectivity index (χ1n) is 8.69. The lowest BCUT2D eigenvalue weighted by Gasteiger charge is -2.23. The second-order valence-electron chi connectivity index (χ2n) is 6.69. The summed E-state index contributed by atoms with van der Waals surface area (Å²) in [6, 6.07) is 12.9. The first-order valence-corrected chi connectivity index (χ1v) is 8.69. The molecule has 6 nitrogen and oxygen atoms in total. The first kappa shape index (κ1) is 17.0. The second-order valence-corrected chi connectivity index (χ2v) is 6.69. The predicted molar refractivity (Wildman–Crippen MR) is 103 cm³/mol. The monoisotopic (exact) mass is 361 g/mol. The van der Waals surface area contributed by atoms with E-state index in [0.29, 0.717) is 11.4 Å². The van der Waals surface area contributed by atoms with E-state index in [-0.39, 0.29) is 17.2 Å². The van der Waals surface area contributed by atoms with Crippen molar-refractivity contribution in [2.45, 2.75) is 19.9 Å². The summed E-state index contributed by atoms with van der Waals surface area (Å²) < 4.78 is 7.27. The van der Waals surface area contributed by atoms with Crippen molar-refractivity contribution in [3.05, 3.63) is 82.1 Å². The van der Waals surface area contributed by atoms with Crippen LogP contribution in [0.15, 0.2) is 64.1 Å². The number of nitrogens with zero attached hydrogens (tertiary/aromatic N) is 3. The van der Waals surface area contributed by atoms with Crippen LogP contribution in [0.2, 0.25) is 0 Å². The minimum atomic E-state index is -0.392. The van der Waals surface area contributed by atoms with E-state index in [1.54, 1.807) is 19.3 Å². The average Bonchev–Trinajstić information content (AvgIpc) is 3.11. The number of hydrogen-bond acceptors (Lipinski definition) is 4. The van der Waals surface area contributed by atoms with Crippen molar-refractivity contribution >= 4 is 22.5 Å². The van der Waals surface area contributed by atoms with E-state index < -0.39 is 5.91 Å². The average molecular weight is 361 g/mol. The van der Waals surface area contributed by atoms with E-state index in [4.69, 9.17) is 4.42 Å². The van der Waals surface area contributed by atoms with Crippen molar-refractivity contribution < 1.29 is 9.21 Å². The van der Waals surface area contributed by atoms with Gasteiger partial charge >= 0.3 is 0 Å². The predicted octanol–water partition coefficient (Wildman–Crippen LogP) is 3.58. The fourth-order valence-electron chi connectivity index (χ4n) is 3.09. The fraction of sp³-hybridized carbons (Fsp3) is 0.190. The molecule has 0 saturated carbocycles. The van der Waals surface area contributed by atoms with Gasteiger partial charge in [-0.05, 0) is 37.6 Å². The van der Waals surface area contributed by atoms with Crippen LogP contribution in [0.3, 0.4) is 0 Å². The molecular weight excluding hydrogens is 342 g/mol. The van der Waals surface area contributed by atoms with Crippen molar-refractivity contribution in [3.63, 3.8) is 0 Å². The molecule has 0 fully saturated rings. The van der Waals surface area contributed by atoms with Gasteiger partial charge in [0.15, 0.2) is 0 Å². The van der Waals surface area contributed by atoms with Crippen molar-refractivity contribution in [1.82, 2.24) is 14.3 Å². The van der Waals surface area contributed by atoms with Gasteiger partial charge in [-0.2, -0.15) is 0 Å². The molecule has 4 rings (SSSR count). The topological polar surface area (TPSA) is 67.8 Å². The molecule has 0 aliphatic heterocycles. The van der Waals surface area contributed by atoms with Crippen LogP contribution in [-0.2, 0) is 0 Å². The first-order chi connectivity index (χ1) is 13.0. The van der Waals surface area contributed by atoms with Gasteiger partial charge in [-0.3, -0.25) is 14.0 Å². The Balaban J connectivity index is 1.70. The summed E-state index contributed by atoms with van der Waals surface area (Å²) in [5, 5.41) is 0.975. The molecule has 27 heavy (non-hydrogen) atoms. The molecule has 6 heteroatoms. The maximum atomic E-state index is 13.0. The number of pyridine rings is 1. The number of furan rings is 1. The largest absolute Gasteiger partial charge is 0.459 e. The van der Waals surface area contributed by atoms with Gasteiger partial charge in [0.05, 0.1) is 6.04 Å². The number of amides is 1. The third kappa shape index (κ3) is 2.89. The minimum Gasteiger partial charge on any atom is -0.459 e. The number of carbonyl (C=O) groups excluding carboxylic acids is 1. The summed E-state index contributed by atoms with van der Waals surface area (Å²) in [6.45, 7) is 3.75. The van der Waals surface area contributed by atoms with E-state index in [2.05, 4.69) is 4.98 Å². The lowest BCUT2D eigenvalue weighted by molar-refractivity contribution is 0.0725. The second kappa shape index (κ2) is 6.39. The van der Waals surface area contributed by atoms with Crippen LogP contribution in [-0.4, -0.2) is 27.2 Å². The van der Waals surface area contributed by atoms with E-state index in [1.165, 1.54) is 15.5 Å². The van der Waals surface area contributed by atoms with E-state index >= 15 is 0 Å². The van der Waals surface area contributed by atoms with Crippen molar-refractivity contribution in [3.8, 4) is 0 Å².